The lowest BCUT2D eigenvalue weighted by atomic mass is 10.1. The van der Waals surface area contributed by atoms with Gasteiger partial charge in [-0.15, -0.1) is 0 Å². The summed E-state index contributed by atoms with van der Waals surface area (Å²) in [4.78, 5) is 11.1. The lowest BCUT2D eigenvalue weighted by molar-refractivity contribution is -0.140. The van der Waals surface area contributed by atoms with Crippen LogP contribution in [-0.2, 0) is 16.0 Å². The lowest BCUT2D eigenvalue weighted by Gasteiger charge is -2.04. The Hall–Kier alpha value is -1.64. The van der Waals surface area contributed by atoms with Crippen LogP contribution in [0.3, 0.4) is 0 Å². The maximum Gasteiger partial charge on any atom is 0.367 e. The maximum absolute atomic E-state index is 13.5. The van der Waals surface area contributed by atoms with Crippen LogP contribution in [0.4, 0.5) is 4.39 Å². The number of carbonyl (C=O) groups excluding carboxylic acids is 1. The summed E-state index contributed by atoms with van der Waals surface area (Å²) in [7, 11) is 0. The van der Waals surface area contributed by atoms with Gasteiger partial charge in [0.25, 0.3) is 0 Å². The van der Waals surface area contributed by atoms with E-state index in [1.54, 1.807) is 13.8 Å². The molecule has 0 saturated carbocycles. The Morgan fingerprint density at radius 1 is 1.31 bits per heavy atom. The van der Waals surface area contributed by atoms with E-state index in [1.165, 1.54) is 0 Å². The largest absolute Gasteiger partial charge is 0.461 e. The Morgan fingerprint density at radius 2 is 1.94 bits per heavy atom. The van der Waals surface area contributed by atoms with E-state index in [4.69, 9.17) is 0 Å². The summed E-state index contributed by atoms with van der Waals surface area (Å²) in [5, 5.41) is 0. The molecule has 0 unspecified atom stereocenters. The Balaban J connectivity index is 2.73. The van der Waals surface area contributed by atoms with E-state index < -0.39 is 11.8 Å². The van der Waals surface area contributed by atoms with Crippen molar-refractivity contribution in [3.63, 3.8) is 0 Å². The van der Waals surface area contributed by atoms with E-state index in [0.717, 1.165) is 5.56 Å². The number of esters is 1. The Bertz CT molecular complexity index is 382. The number of hydrogen-bond donors (Lipinski definition) is 0. The summed E-state index contributed by atoms with van der Waals surface area (Å²) in [5.74, 6) is -1.67. The highest BCUT2D eigenvalue weighted by molar-refractivity contribution is 5.86. The third kappa shape index (κ3) is 3.50. The predicted molar refractivity (Wildman–Crippen MR) is 60.6 cm³/mol. The molecule has 86 valence electrons. The van der Waals surface area contributed by atoms with Crippen molar-refractivity contribution in [1.29, 1.82) is 0 Å². The summed E-state index contributed by atoms with van der Waals surface area (Å²) in [6.07, 6.45) is 0.422. The smallest absolute Gasteiger partial charge is 0.367 e. The monoisotopic (exact) mass is 222 g/mol. The number of ether oxygens (including phenoxy) is 1. The quantitative estimate of drug-likeness (QED) is 0.578. The van der Waals surface area contributed by atoms with E-state index in [2.05, 4.69) is 4.74 Å². The molecular formula is C13H15FO2. The summed E-state index contributed by atoms with van der Waals surface area (Å²) in [6.45, 7) is 3.43. The molecule has 16 heavy (non-hydrogen) atoms. The summed E-state index contributed by atoms with van der Waals surface area (Å²) in [5.41, 5.74) is 1.36. The van der Waals surface area contributed by atoms with Gasteiger partial charge in [0.1, 0.15) is 0 Å². The average molecular weight is 222 g/mol. The number of benzene rings is 1. The number of halogens is 1. The molecule has 0 heterocycles. The Kier molecular flexibility index (Phi) is 4.70. The fourth-order valence-electron chi connectivity index (χ4n) is 1.35. The van der Waals surface area contributed by atoms with Crippen molar-refractivity contribution in [1.82, 2.24) is 0 Å². The zero-order chi connectivity index (χ0) is 12.0. The van der Waals surface area contributed by atoms with Gasteiger partial charge < -0.3 is 4.74 Å². The van der Waals surface area contributed by atoms with Gasteiger partial charge in [0.05, 0.1) is 6.61 Å². The Labute approximate surface area is 94.7 Å². The van der Waals surface area contributed by atoms with E-state index in [1.807, 2.05) is 30.3 Å². The van der Waals surface area contributed by atoms with Crippen LogP contribution in [0.2, 0.25) is 0 Å². The zero-order valence-corrected chi connectivity index (χ0v) is 9.50. The molecule has 0 amide bonds. The minimum atomic E-state index is -0.879. The van der Waals surface area contributed by atoms with Crippen LogP contribution in [0.15, 0.2) is 41.7 Å². The average Bonchev–Trinajstić information content (AvgIpc) is 2.29. The van der Waals surface area contributed by atoms with Gasteiger partial charge in [0, 0.05) is 0 Å². The minimum Gasteiger partial charge on any atom is -0.461 e. The molecule has 3 heteroatoms. The van der Waals surface area contributed by atoms with E-state index in [9.17, 15) is 9.18 Å². The van der Waals surface area contributed by atoms with Crippen LogP contribution < -0.4 is 0 Å². The van der Waals surface area contributed by atoms with Crippen LogP contribution in [0.1, 0.15) is 19.4 Å². The molecule has 0 spiro atoms. The van der Waals surface area contributed by atoms with Crippen LogP contribution in [0.5, 0.6) is 0 Å². The van der Waals surface area contributed by atoms with Gasteiger partial charge in [-0.1, -0.05) is 30.3 Å². The van der Waals surface area contributed by atoms with Crippen molar-refractivity contribution >= 4 is 5.97 Å². The molecule has 0 atom stereocenters. The molecule has 1 aromatic rings. The second-order valence-corrected chi connectivity index (χ2v) is 3.48. The van der Waals surface area contributed by atoms with E-state index >= 15 is 0 Å². The molecule has 0 bridgehead atoms. The second-order valence-electron chi connectivity index (χ2n) is 3.48. The predicted octanol–water partition coefficient (Wildman–Crippen LogP) is 3.04. The first-order chi connectivity index (χ1) is 7.65. The number of allylic oxidation sites excluding steroid dienone is 1. The first kappa shape index (κ1) is 12.4. The van der Waals surface area contributed by atoms with E-state index in [-0.39, 0.29) is 6.61 Å². The molecule has 0 N–H and O–H groups in total. The first-order valence-electron chi connectivity index (χ1n) is 5.21. The normalized spacial score (nSPS) is 11.9. The van der Waals surface area contributed by atoms with Gasteiger partial charge >= 0.3 is 5.97 Å². The number of hydrogen-bond acceptors (Lipinski definition) is 2. The van der Waals surface area contributed by atoms with Gasteiger partial charge in [-0.2, -0.15) is 4.39 Å². The van der Waals surface area contributed by atoms with Gasteiger partial charge in [0.15, 0.2) is 0 Å². The summed E-state index contributed by atoms with van der Waals surface area (Å²) < 4.78 is 18.1. The van der Waals surface area contributed by atoms with Crippen molar-refractivity contribution in [2.75, 3.05) is 6.61 Å². The molecular weight excluding hydrogens is 207 g/mol. The highest BCUT2D eigenvalue weighted by Gasteiger charge is 2.13. The lowest BCUT2D eigenvalue weighted by Crippen LogP contribution is -2.07. The SMILES string of the molecule is CCOC(=O)/C(F)=C(\C)Cc1ccccc1. The Morgan fingerprint density at radius 3 is 2.50 bits per heavy atom. The van der Waals surface area contributed by atoms with Gasteiger partial charge in [-0.3, -0.25) is 0 Å². The molecule has 0 aromatic heterocycles. The first-order valence-corrected chi connectivity index (χ1v) is 5.21. The molecule has 0 aliphatic rings. The third-order valence-corrected chi connectivity index (χ3v) is 2.14. The number of carbonyl (C=O) groups is 1. The van der Waals surface area contributed by atoms with Gasteiger partial charge in [-0.05, 0) is 31.4 Å². The molecule has 0 aliphatic heterocycles. The van der Waals surface area contributed by atoms with Gasteiger partial charge in [-0.25, -0.2) is 4.79 Å². The molecule has 1 rings (SSSR count). The van der Waals surface area contributed by atoms with Crippen molar-refractivity contribution < 1.29 is 13.9 Å². The van der Waals surface area contributed by atoms with Crippen molar-refractivity contribution in [3.8, 4) is 0 Å². The van der Waals surface area contributed by atoms with Crippen LogP contribution >= 0.6 is 0 Å². The zero-order valence-electron chi connectivity index (χ0n) is 9.50. The molecule has 0 radical (unpaired) electrons. The number of rotatable bonds is 4. The third-order valence-electron chi connectivity index (χ3n) is 2.14. The molecule has 0 saturated heterocycles. The van der Waals surface area contributed by atoms with Crippen LogP contribution in [-0.4, -0.2) is 12.6 Å². The fourth-order valence-corrected chi connectivity index (χ4v) is 1.35. The molecule has 2 nitrogen and oxygen atoms in total. The summed E-state index contributed by atoms with van der Waals surface area (Å²) >= 11 is 0. The summed E-state index contributed by atoms with van der Waals surface area (Å²) in [6, 6.07) is 9.43. The standard InChI is InChI=1S/C13H15FO2/c1-3-16-13(15)12(14)10(2)9-11-7-5-4-6-8-11/h4-8H,3,9H2,1-2H3/b12-10-. The molecule has 0 aliphatic carbocycles. The van der Waals surface area contributed by atoms with Crippen molar-refractivity contribution in [2.24, 2.45) is 0 Å². The van der Waals surface area contributed by atoms with Crippen LogP contribution in [0.25, 0.3) is 0 Å². The highest BCUT2D eigenvalue weighted by Crippen LogP contribution is 2.14. The van der Waals surface area contributed by atoms with Crippen molar-refractivity contribution in [2.45, 2.75) is 20.3 Å². The minimum absolute atomic E-state index is 0.185. The van der Waals surface area contributed by atoms with Gasteiger partial charge in [0.2, 0.25) is 5.83 Å². The topological polar surface area (TPSA) is 26.3 Å². The highest BCUT2D eigenvalue weighted by atomic mass is 19.1. The van der Waals surface area contributed by atoms with E-state index in [0.29, 0.717) is 12.0 Å². The van der Waals surface area contributed by atoms with Crippen molar-refractivity contribution in [3.05, 3.63) is 47.3 Å². The molecule has 1 aromatic carbocycles. The fraction of sp³-hybridized carbons (Fsp3) is 0.308. The second kappa shape index (κ2) is 6.05. The van der Waals surface area contributed by atoms with Crippen LogP contribution in [0, 0.1) is 0 Å². The maximum atomic E-state index is 13.5. The molecule has 0 fully saturated rings.